The second kappa shape index (κ2) is 3.29. The number of hydrogen-bond donors (Lipinski definition) is 0. The van der Waals surface area contributed by atoms with Crippen LogP contribution in [0.2, 0.25) is 0 Å². The van der Waals surface area contributed by atoms with Crippen molar-refractivity contribution in [2.75, 3.05) is 6.54 Å². The van der Waals surface area contributed by atoms with Crippen molar-refractivity contribution in [2.45, 2.75) is 39.7 Å². The van der Waals surface area contributed by atoms with Crippen molar-refractivity contribution < 1.29 is 0 Å². The van der Waals surface area contributed by atoms with Crippen LogP contribution in [0.1, 0.15) is 33.6 Å². The van der Waals surface area contributed by atoms with Gasteiger partial charge < -0.3 is 4.90 Å². The third-order valence-electron chi connectivity index (χ3n) is 2.93. The summed E-state index contributed by atoms with van der Waals surface area (Å²) in [5.74, 6) is 0.895. The lowest BCUT2D eigenvalue weighted by Gasteiger charge is -2.26. The largest absolute Gasteiger partial charge is 0.373 e. The Bertz CT molecular complexity index is 151. The Hall–Kier alpha value is -0.460. The van der Waals surface area contributed by atoms with Gasteiger partial charge in [-0.1, -0.05) is 19.9 Å². The van der Waals surface area contributed by atoms with Crippen LogP contribution in [0, 0.1) is 5.92 Å². The molecule has 1 rings (SSSR count). The summed E-state index contributed by atoms with van der Waals surface area (Å²) in [6.07, 6.45) is 2.66. The molecule has 1 fully saturated rings. The molecule has 0 radical (unpaired) electrons. The summed E-state index contributed by atoms with van der Waals surface area (Å²) in [5, 5.41) is 0. The number of allylic oxidation sites excluding steroid dienone is 1. The Kier molecular flexibility index (Phi) is 2.58. The third kappa shape index (κ3) is 1.58. The Labute approximate surface area is 70.1 Å². The van der Waals surface area contributed by atoms with E-state index in [1.807, 2.05) is 0 Å². The summed E-state index contributed by atoms with van der Waals surface area (Å²) in [5.41, 5.74) is 1.23. The highest BCUT2D eigenvalue weighted by molar-refractivity contribution is 4.97. The van der Waals surface area contributed by atoms with Crippen molar-refractivity contribution in [2.24, 2.45) is 5.92 Å². The van der Waals surface area contributed by atoms with E-state index in [0.717, 1.165) is 12.0 Å². The lowest BCUT2D eigenvalue weighted by Crippen LogP contribution is -2.27. The fourth-order valence-corrected chi connectivity index (χ4v) is 2.09. The summed E-state index contributed by atoms with van der Waals surface area (Å²) in [4.78, 5) is 2.42. The zero-order valence-corrected chi connectivity index (χ0v) is 7.93. The molecule has 0 aromatic heterocycles. The van der Waals surface area contributed by atoms with Crippen molar-refractivity contribution in [3.05, 3.63) is 12.3 Å². The zero-order valence-electron chi connectivity index (χ0n) is 7.93. The predicted molar refractivity (Wildman–Crippen MR) is 49.4 cm³/mol. The first-order chi connectivity index (χ1) is 5.16. The average molecular weight is 153 g/mol. The van der Waals surface area contributed by atoms with Gasteiger partial charge in [-0.2, -0.15) is 0 Å². The van der Waals surface area contributed by atoms with Crippen LogP contribution >= 0.6 is 0 Å². The van der Waals surface area contributed by atoms with Crippen LogP contribution in [0.15, 0.2) is 12.3 Å². The van der Waals surface area contributed by atoms with Gasteiger partial charge >= 0.3 is 0 Å². The lowest BCUT2D eigenvalue weighted by atomic mass is 9.99. The topological polar surface area (TPSA) is 3.24 Å². The first-order valence-electron chi connectivity index (χ1n) is 4.59. The van der Waals surface area contributed by atoms with Crippen molar-refractivity contribution >= 4 is 0 Å². The highest BCUT2D eigenvalue weighted by atomic mass is 15.2. The van der Waals surface area contributed by atoms with Crippen molar-refractivity contribution in [3.63, 3.8) is 0 Å². The minimum absolute atomic E-state index is 0.720. The van der Waals surface area contributed by atoms with Gasteiger partial charge in [0.1, 0.15) is 0 Å². The molecule has 1 aliphatic rings. The average Bonchev–Trinajstić information content (AvgIpc) is 2.30. The summed E-state index contributed by atoms with van der Waals surface area (Å²) in [6, 6.07) is 0.720. The van der Waals surface area contributed by atoms with Gasteiger partial charge in [0.25, 0.3) is 0 Å². The van der Waals surface area contributed by atoms with E-state index in [9.17, 15) is 0 Å². The normalized spacial score (nSPS) is 31.0. The molecule has 1 heteroatoms. The molecule has 1 nitrogen and oxygen atoms in total. The van der Waals surface area contributed by atoms with Gasteiger partial charge in [-0.25, -0.2) is 0 Å². The van der Waals surface area contributed by atoms with Crippen LogP contribution in [0.3, 0.4) is 0 Å². The van der Waals surface area contributed by atoms with E-state index in [1.54, 1.807) is 0 Å². The molecule has 0 N–H and O–H groups in total. The molecule has 1 aliphatic heterocycles. The van der Waals surface area contributed by atoms with Gasteiger partial charge in [0.05, 0.1) is 0 Å². The molecular weight excluding hydrogens is 134 g/mol. The maximum atomic E-state index is 3.98. The van der Waals surface area contributed by atoms with E-state index in [1.165, 1.54) is 25.1 Å². The van der Waals surface area contributed by atoms with Gasteiger partial charge in [-0.15, -0.1) is 0 Å². The Morgan fingerprint density at radius 3 is 2.55 bits per heavy atom. The van der Waals surface area contributed by atoms with E-state index < -0.39 is 0 Å². The van der Waals surface area contributed by atoms with Gasteiger partial charge in [0.2, 0.25) is 0 Å². The van der Waals surface area contributed by atoms with Crippen LogP contribution < -0.4 is 0 Å². The second-order valence-electron chi connectivity index (χ2n) is 3.63. The number of nitrogens with zero attached hydrogens (tertiary/aromatic N) is 1. The van der Waals surface area contributed by atoms with Crippen LogP contribution in [0.25, 0.3) is 0 Å². The van der Waals surface area contributed by atoms with Gasteiger partial charge in [0.15, 0.2) is 0 Å². The van der Waals surface area contributed by atoms with E-state index >= 15 is 0 Å². The van der Waals surface area contributed by atoms with E-state index in [2.05, 4.69) is 32.3 Å². The Balaban J connectivity index is 2.55. The van der Waals surface area contributed by atoms with Gasteiger partial charge in [-0.3, -0.25) is 0 Å². The summed E-state index contributed by atoms with van der Waals surface area (Å²) < 4.78 is 0. The van der Waals surface area contributed by atoms with Crippen molar-refractivity contribution in [1.82, 2.24) is 4.90 Å². The quantitative estimate of drug-likeness (QED) is 0.589. The SMILES string of the molecule is C=C(C)N1CC[C@@H](CC)C1C. The first kappa shape index (κ1) is 8.63. The summed E-state index contributed by atoms with van der Waals surface area (Å²) >= 11 is 0. The molecule has 1 heterocycles. The van der Waals surface area contributed by atoms with Gasteiger partial charge in [0, 0.05) is 18.3 Å². The van der Waals surface area contributed by atoms with E-state index in [0.29, 0.717) is 0 Å². The molecule has 64 valence electrons. The lowest BCUT2D eigenvalue weighted by molar-refractivity contribution is 0.298. The second-order valence-corrected chi connectivity index (χ2v) is 3.63. The molecule has 2 atom stereocenters. The van der Waals surface area contributed by atoms with Crippen LogP contribution in [-0.4, -0.2) is 17.5 Å². The monoisotopic (exact) mass is 153 g/mol. The zero-order chi connectivity index (χ0) is 8.43. The smallest absolute Gasteiger partial charge is 0.0287 e. The van der Waals surface area contributed by atoms with Crippen molar-refractivity contribution in [3.8, 4) is 0 Å². The Morgan fingerprint density at radius 2 is 2.27 bits per heavy atom. The molecule has 0 spiro atoms. The van der Waals surface area contributed by atoms with E-state index in [4.69, 9.17) is 0 Å². The fraction of sp³-hybridized carbons (Fsp3) is 0.800. The summed E-state index contributed by atoms with van der Waals surface area (Å²) in [6.45, 7) is 11.9. The highest BCUT2D eigenvalue weighted by Crippen LogP contribution is 2.28. The Morgan fingerprint density at radius 1 is 1.64 bits per heavy atom. The number of rotatable bonds is 2. The van der Waals surface area contributed by atoms with Crippen LogP contribution in [-0.2, 0) is 0 Å². The summed E-state index contributed by atoms with van der Waals surface area (Å²) in [7, 11) is 0. The number of hydrogen-bond acceptors (Lipinski definition) is 1. The molecule has 0 bridgehead atoms. The van der Waals surface area contributed by atoms with Crippen molar-refractivity contribution in [1.29, 1.82) is 0 Å². The minimum atomic E-state index is 0.720. The molecule has 0 saturated carbocycles. The first-order valence-corrected chi connectivity index (χ1v) is 4.59. The maximum absolute atomic E-state index is 3.98. The fourth-order valence-electron chi connectivity index (χ4n) is 2.09. The molecule has 0 amide bonds. The molecule has 0 aromatic carbocycles. The van der Waals surface area contributed by atoms with Gasteiger partial charge in [-0.05, 0) is 26.2 Å². The minimum Gasteiger partial charge on any atom is -0.373 e. The van der Waals surface area contributed by atoms with Crippen LogP contribution in [0.5, 0.6) is 0 Å². The van der Waals surface area contributed by atoms with E-state index in [-0.39, 0.29) is 0 Å². The van der Waals surface area contributed by atoms with Crippen LogP contribution in [0.4, 0.5) is 0 Å². The molecule has 0 aliphatic carbocycles. The standard InChI is InChI=1S/C10H19N/c1-5-10-6-7-11(8(2)3)9(10)4/h9-10H,2,5-7H2,1,3-4H3/t9?,10-/m1/s1. The molecule has 1 unspecified atom stereocenters. The molecule has 11 heavy (non-hydrogen) atoms. The third-order valence-corrected chi connectivity index (χ3v) is 2.93. The molecule has 1 saturated heterocycles. The molecule has 0 aromatic rings. The molecular formula is C10H19N. The predicted octanol–water partition coefficient (Wildman–Crippen LogP) is 2.64. The highest BCUT2D eigenvalue weighted by Gasteiger charge is 2.28. The maximum Gasteiger partial charge on any atom is 0.0287 e. The number of likely N-dealkylation sites (tertiary alicyclic amines) is 1.